The fraction of sp³-hybridized carbons (Fsp3) is 0.790. The van der Waals surface area contributed by atoms with Gasteiger partial charge in [-0.15, -0.1) is 0 Å². The van der Waals surface area contributed by atoms with Crippen LogP contribution in [0, 0.1) is 0 Å². The standard InChI is InChI=1S/C62H111NO8/c1-3-5-7-9-11-13-15-16-17-18-19-20-21-22-23-24-25-26-27-28-29-30-31-32-33-34-35-36-37-38-39-40-42-44-46-48-50-52-58(66)63-55(54-70-62-61(69)60(68)59(67)57(53-64)71-62)56(65)51-49-47-45-43-41-14-12-10-8-6-4-2/h5,7,11,13,16-17,19-20,22-23,49,51,55-57,59-62,64-65,67-69H,3-4,6,8-10,12,14-15,18,21,24-48,50,52-54H2,1-2H3,(H,63,66)/b7-5-,13-11-,17-16-,20-19-,23-22-,51-49+. The Morgan fingerprint density at radius 3 is 1.30 bits per heavy atom. The van der Waals surface area contributed by atoms with Crippen molar-refractivity contribution in [3.8, 4) is 0 Å². The molecule has 7 unspecified atom stereocenters. The molecular weight excluding hydrogens is 887 g/mol. The van der Waals surface area contributed by atoms with Gasteiger partial charge in [0.25, 0.3) is 0 Å². The van der Waals surface area contributed by atoms with Crippen LogP contribution in [0.25, 0.3) is 0 Å². The molecule has 412 valence electrons. The van der Waals surface area contributed by atoms with Gasteiger partial charge in [0.05, 0.1) is 25.4 Å². The van der Waals surface area contributed by atoms with Gasteiger partial charge in [-0.2, -0.15) is 0 Å². The van der Waals surface area contributed by atoms with Crippen LogP contribution in [0.2, 0.25) is 0 Å². The highest BCUT2D eigenvalue weighted by Gasteiger charge is 2.44. The highest BCUT2D eigenvalue weighted by Crippen LogP contribution is 2.23. The summed E-state index contributed by atoms with van der Waals surface area (Å²) in [6.45, 7) is 3.65. The summed E-state index contributed by atoms with van der Waals surface area (Å²) < 4.78 is 11.2. The van der Waals surface area contributed by atoms with Gasteiger partial charge < -0.3 is 40.3 Å². The van der Waals surface area contributed by atoms with E-state index in [1.54, 1.807) is 6.08 Å². The van der Waals surface area contributed by atoms with Crippen molar-refractivity contribution >= 4 is 5.91 Å². The number of amides is 1. The molecule has 9 nitrogen and oxygen atoms in total. The van der Waals surface area contributed by atoms with Gasteiger partial charge in [0.2, 0.25) is 5.91 Å². The molecule has 1 amide bonds. The number of unbranched alkanes of at least 4 members (excludes halogenated alkanes) is 30. The van der Waals surface area contributed by atoms with Crippen LogP contribution in [0.5, 0.6) is 0 Å². The lowest BCUT2D eigenvalue weighted by Crippen LogP contribution is -2.60. The van der Waals surface area contributed by atoms with Gasteiger partial charge in [-0.25, -0.2) is 0 Å². The lowest BCUT2D eigenvalue weighted by atomic mass is 9.99. The van der Waals surface area contributed by atoms with E-state index in [9.17, 15) is 30.3 Å². The zero-order chi connectivity index (χ0) is 51.5. The summed E-state index contributed by atoms with van der Waals surface area (Å²) in [5.74, 6) is -0.177. The van der Waals surface area contributed by atoms with E-state index in [2.05, 4.69) is 79.9 Å². The van der Waals surface area contributed by atoms with Crippen LogP contribution in [0.1, 0.15) is 258 Å². The molecule has 0 bridgehead atoms. The van der Waals surface area contributed by atoms with E-state index in [1.165, 1.54) is 167 Å². The first-order valence-electron chi connectivity index (χ1n) is 29.7. The number of hydrogen-bond acceptors (Lipinski definition) is 8. The number of carbonyl (C=O) groups is 1. The van der Waals surface area contributed by atoms with E-state index >= 15 is 0 Å². The van der Waals surface area contributed by atoms with Crippen LogP contribution in [0.15, 0.2) is 72.9 Å². The molecule has 71 heavy (non-hydrogen) atoms. The minimum atomic E-state index is -1.57. The molecule has 0 aliphatic carbocycles. The predicted molar refractivity (Wildman–Crippen MR) is 299 cm³/mol. The number of carbonyl (C=O) groups excluding carboxylic acids is 1. The zero-order valence-electron chi connectivity index (χ0n) is 45.7. The van der Waals surface area contributed by atoms with Crippen molar-refractivity contribution in [3.63, 3.8) is 0 Å². The lowest BCUT2D eigenvalue weighted by Gasteiger charge is -2.40. The summed E-state index contributed by atoms with van der Waals surface area (Å²) in [5.41, 5.74) is 0. The SMILES string of the molecule is CC/C=C\C/C=C\C/C=C\C/C=C\C/C=C\CCCCCCCCCCCCCCCCCCCCCCCC(=O)NC(COC1OC(CO)C(O)C(O)C1O)C(O)/C=C/CCCCCCCCCCC. The Hall–Kier alpha value is -2.37. The molecule has 1 saturated heterocycles. The van der Waals surface area contributed by atoms with E-state index in [1.807, 2.05) is 6.08 Å². The van der Waals surface area contributed by atoms with Gasteiger partial charge in [-0.3, -0.25) is 4.79 Å². The molecule has 0 aromatic rings. The maximum Gasteiger partial charge on any atom is 0.220 e. The Morgan fingerprint density at radius 1 is 0.493 bits per heavy atom. The van der Waals surface area contributed by atoms with Gasteiger partial charge in [-0.05, 0) is 64.2 Å². The van der Waals surface area contributed by atoms with Crippen molar-refractivity contribution < 1.29 is 39.8 Å². The molecule has 0 aromatic heterocycles. The highest BCUT2D eigenvalue weighted by molar-refractivity contribution is 5.76. The molecule has 0 radical (unpaired) electrons. The Balaban J connectivity index is 2.05. The minimum Gasteiger partial charge on any atom is -0.394 e. The number of ether oxygens (including phenoxy) is 2. The molecule has 1 rings (SSSR count). The molecule has 0 saturated carbocycles. The molecule has 6 N–H and O–H groups in total. The number of nitrogens with one attached hydrogen (secondary N) is 1. The Labute approximate surface area is 436 Å². The van der Waals surface area contributed by atoms with Crippen LogP contribution in [0.4, 0.5) is 0 Å². The number of allylic oxidation sites excluding steroid dienone is 11. The maximum absolute atomic E-state index is 13.0. The smallest absolute Gasteiger partial charge is 0.220 e. The predicted octanol–water partition coefficient (Wildman–Crippen LogP) is 14.8. The molecule has 1 aliphatic heterocycles. The topological polar surface area (TPSA) is 149 Å². The average molecular weight is 999 g/mol. The molecule has 7 atom stereocenters. The highest BCUT2D eigenvalue weighted by atomic mass is 16.7. The second-order valence-corrected chi connectivity index (χ2v) is 20.4. The minimum absolute atomic E-state index is 0.177. The second kappa shape index (κ2) is 51.1. The third kappa shape index (κ3) is 40.7. The summed E-state index contributed by atoms with van der Waals surface area (Å²) in [5, 5.41) is 54.3. The molecule has 0 aromatic carbocycles. The first kappa shape index (κ1) is 66.6. The van der Waals surface area contributed by atoms with E-state index in [0.717, 1.165) is 70.6 Å². The van der Waals surface area contributed by atoms with Gasteiger partial charge in [0.15, 0.2) is 6.29 Å². The maximum atomic E-state index is 13.0. The number of hydrogen-bond donors (Lipinski definition) is 6. The van der Waals surface area contributed by atoms with Crippen molar-refractivity contribution in [2.24, 2.45) is 0 Å². The second-order valence-electron chi connectivity index (χ2n) is 20.4. The summed E-state index contributed by atoms with van der Waals surface area (Å²) in [4.78, 5) is 13.0. The number of aliphatic hydroxyl groups excluding tert-OH is 5. The molecule has 1 fully saturated rings. The van der Waals surface area contributed by atoms with Gasteiger partial charge in [0.1, 0.15) is 24.4 Å². The average Bonchev–Trinajstić information content (AvgIpc) is 3.37. The Morgan fingerprint density at radius 2 is 0.873 bits per heavy atom. The van der Waals surface area contributed by atoms with Crippen LogP contribution in [-0.2, 0) is 14.3 Å². The number of aliphatic hydroxyl groups is 5. The molecule has 1 aliphatic rings. The monoisotopic (exact) mass is 998 g/mol. The summed E-state index contributed by atoms with van der Waals surface area (Å²) in [7, 11) is 0. The molecule has 0 spiro atoms. The van der Waals surface area contributed by atoms with Crippen LogP contribution < -0.4 is 5.32 Å². The van der Waals surface area contributed by atoms with Crippen molar-refractivity contribution in [3.05, 3.63) is 72.9 Å². The van der Waals surface area contributed by atoms with Crippen molar-refractivity contribution in [2.75, 3.05) is 13.2 Å². The molecule has 9 heteroatoms. The normalized spacial score (nSPS) is 19.8. The van der Waals surface area contributed by atoms with Gasteiger partial charge in [0, 0.05) is 6.42 Å². The molecule has 1 heterocycles. The van der Waals surface area contributed by atoms with Crippen molar-refractivity contribution in [1.82, 2.24) is 5.32 Å². The largest absolute Gasteiger partial charge is 0.394 e. The first-order valence-corrected chi connectivity index (χ1v) is 29.7. The first-order chi connectivity index (χ1) is 34.8. The summed E-state index contributed by atoms with van der Waals surface area (Å²) >= 11 is 0. The zero-order valence-corrected chi connectivity index (χ0v) is 45.7. The number of rotatable bonds is 50. The van der Waals surface area contributed by atoms with Crippen LogP contribution in [-0.4, -0.2) is 87.5 Å². The third-order valence-electron chi connectivity index (χ3n) is 13.8. The summed E-state index contributed by atoms with van der Waals surface area (Å²) in [6, 6.07) is -0.804. The molecular formula is C62H111NO8. The van der Waals surface area contributed by atoms with Gasteiger partial charge in [-0.1, -0.05) is 260 Å². The van der Waals surface area contributed by atoms with E-state index < -0.39 is 49.5 Å². The van der Waals surface area contributed by atoms with Crippen LogP contribution in [0.3, 0.4) is 0 Å². The van der Waals surface area contributed by atoms with E-state index in [0.29, 0.717) is 6.42 Å². The Kier molecular flexibility index (Phi) is 48.0. The van der Waals surface area contributed by atoms with Crippen molar-refractivity contribution in [2.45, 2.75) is 301 Å². The van der Waals surface area contributed by atoms with Crippen molar-refractivity contribution in [1.29, 1.82) is 0 Å². The van der Waals surface area contributed by atoms with E-state index in [-0.39, 0.29) is 12.5 Å². The fourth-order valence-corrected chi connectivity index (χ4v) is 9.13. The van der Waals surface area contributed by atoms with Crippen LogP contribution >= 0.6 is 0 Å². The summed E-state index contributed by atoms with van der Waals surface area (Å²) in [6.07, 6.45) is 64.2. The fourth-order valence-electron chi connectivity index (χ4n) is 9.13. The Bertz CT molecular complexity index is 1340. The quantitative estimate of drug-likeness (QED) is 0.0261. The van der Waals surface area contributed by atoms with E-state index in [4.69, 9.17) is 9.47 Å². The lowest BCUT2D eigenvalue weighted by molar-refractivity contribution is -0.302. The van der Waals surface area contributed by atoms with Gasteiger partial charge >= 0.3 is 0 Å². The third-order valence-corrected chi connectivity index (χ3v) is 13.8.